The van der Waals surface area contributed by atoms with E-state index < -0.39 is 6.04 Å². The summed E-state index contributed by atoms with van der Waals surface area (Å²) in [6, 6.07) is 15.6. The fraction of sp³-hybridized carbons (Fsp3) is 0.296. The molecule has 0 radical (unpaired) electrons. The number of amidine groups is 1. The average Bonchev–Trinajstić information content (AvgIpc) is 3.21. The zero-order valence-electron chi connectivity index (χ0n) is 19.9. The second-order valence-corrected chi connectivity index (χ2v) is 9.25. The lowest BCUT2D eigenvalue weighted by Gasteiger charge is -2.37. The third-order valence-corrected chi connectivity index (χ3v) is 6.79. The summed E-state index contributed by atoms with van der Waals surface area (Å²) in [6.07, 6.45) is 0.190. The molecular weight excluding hydrogens is 446 g/mol. The monoisotopic (exact) mass is 475 g/mol. The van der Waals surface area contributed by atoms with Crippen molar-refractivity contribution in [1.82, 2.24) is 10.2 Å². The van der Waals surface area contributed by atoms with E-state index in [1.165, 1.54) is 11.8 Å². The van der Waals surface area contributed by atoms with Gasteiger partial charge in [-0.3, -0.25) is 4.79 Å². The standard InChI is InChI=1S/C27H29N3O3S/c1-5-33-26(32)24-19(4)29-27-30(25(24)22-13-17(2)11-12-18(22)3)21(16-34-27)14-23(31)28-15-20-9-7-6-8-10-20/h6-13,16,25H,5,14-15H2,1-4H3,(H,28,31)/t25-/m0/s1. The molecule has 34 heavy (non-hydrogen) atoms. The Hall–Kier alpha value is -3.32. The lowest BCUT2D eigenvalue weighted by atomic mass is 9.90. The molecule has 6 nitrogen and oxygen atoms in total. The Labute approximate surface area is 204 Å². The fourth-order valence-corrected chi connectivity index (χ4v) is 5.18. The summed E-state index contributed by atoms with van der Waals surface area (Å²) < 4.78 is 5.43. The molecule has 4 rings (SSSR count). The molecule has 0 aliphatic carbocycles. The first-order chi connectivity index (χ1) is 16.4. The van der Waals surface area contributed by atoms with E-state index in [0.29, 0.717) is 17.8 Å². The molecule has 0 saturated carbocycles. The number of hydrogen-bond acceptors (Lipinski definition) is 6. The maximum Gasteiger partial charge on any atom is 0.338 e. The van der Waals surface area contributed by atoms with Gasteiger partial charge in [0.05, 0.1) is 30.3 Å². The van der Waals surface area contributed by atoms with Gasteiger partial charge in [-0.15, -0.1) is 0 Å². The summed E-state index contributed by atoms with van der Waals surface area (Å²) in [5.41, 5.74) is 6.19. The van der Waals surface area contributed by atoms with Crippen molar-refractivity contribution in [3.63, 3.8) is 0 Å². The van der Waals surface area contributed by atoms with Crippen LogP contribution in [-0.2, 0) is 20.9 Å². The van der Waals surface area contributed by atoms with Crippen LogP contribution in [0, 0.1) is 13.8 Å². The number of fused-ring (bicyclic) bond motifs is 1. The number of carbonyl (C=O) groups is 2. The molecule has 0 spiro atoms. The molecule has 0 bridgehead atoms. The van der Waals surface area contributed by atoms with Crippen LogP contribution >= 0.6 is 11.8 Å². The van der Waals surface area contributed by atoms with Crippen molar-refractivity contribution in [2.24, 2.45) is 4.99 Å². The van der Waals surface area contributed by atoms with Crippen molar-refractivity contribution in [1.29, 1.82) is 0 Å². The molecule has 1 amide bonds. The molecule has 0 unspecified atom stereocenters. The molecule has 1 N–H and O–H groups in total. The predicted molar refractivity (Wildman–Crippen MR) is 136 cm³/mol. The van der Waals surface area contributed by atoms with Gasteiger partial charge in [0.15, 0.2) is 5.17 Å². The highest BCUT2D eigenvalue weighted by molar-refractivity contribution is 8.16. The number of ether oxygens (including phenoxy) is 1. The Morgan fingerprint density at radius 2 is 1.88 bits per heavy atom. The second-order valence-electron chi connectivity index (χ2n) is 8.41. The molecule has 0 aromatic heterocycles. The molecule has 2 aromatic carbocycles. The number of benzene rings is 2. The van der Waals surface area contributed by atoms with Gasteiger partial charge in [0, 0.05) is 12.2 Å². The van der Waals surface area contributed by atoms with Gasteiger partial charge in [-0.2, -0.15) is 0 Å². The second kappa shape index (κ2) is 10.3. The van der Waals surface area contributed by atoms with Gasteiger partial charge in [0.1, 0.15) is 0 Å². The molecule has 7 heteroatoms. The number of aliphatic imine (C=N–C) groups is 1. The zero-order valence-corrected chi connectivity index (χ0v) is 20.7. The Balaban J connectivity index is 1.65. The van der Waals surface area contributed by atoms with Crippen molar-refractivity contribution in [2.75, 3.05) is 6.61 Å². The van der Waals surface area contributed by atoms with E-state index >= 15 is 0 Å². The number of esters is 1. The first-order valence-corrected chi connectivity index (χ1v) is 12.3. The van der Waals surface area contributed by atoms with E-state index in [1.807, 2.05) is 61.4 Å². The van der Waals surface area contributed by atoms with E-state index in [1.54, 1.807) is 6.92 Å². The van der Waals surface area contributed by atoms with Crippen molar-refractivity contribution in [3.8, 4) is 0 Å². The molecular formula is C27H29N3O3S. The summed E-state index contributed by atoms with van der Waals surface area (Å²) in [5, 5.41) is 5.73. The zero-order chi connectivity index (χ0) is 24.2. The van der Waals surface area contributed by atoms with E-state index in [2.05, 4.69) is 23.5 Å². The van der Waals surface area contributed by atoms with Gasteiger partial charge < -0.3 is 15.0 Å². The third kappa shape index (κ3) is 4.94. The van der Waals surface area contributed by atoms with Crippen LogP contribution in [0.3, 0.4) is 0 Å². The topological polar surface area (TPSA) is 71.0 Å². The first kappa shape index (κ1) is 23.8. The maximum absolute atomic E-state index is 13.1. The SMILES string of the molecule is CCOC(=O)C1=C(C)N=C2SC=C(CC(=O)NCc3ccccc3)N2[C@H]1c1cc(C)ccc1C. The Morgan fingerprint density at radius 3 is 2.62 bits per heavy atom. The molecule has 176 valence electrons. The van der Waals surface area contributed by atoms with Gasteiger partial charge >= 0.3 is 5.97 Å². The van der Waals surface area contributed by atoms with E-state index in [0.717, 1.165) is 33.1 Å². The molecule has 2 aromatic rings. The van der Waals surface area contributed by atoms with Crippen molar-refractivity contribution in [2.45, 2.75) is 46.7 Å². The number of nitrogens with zero attached hydrogens (tertiary/aromatic N) is 2. The van der Waals surface area contributed by atoms with Crippen LogP contribution in [0.2, 0.25) is 0 Å². The van der Waals surface area contributed by atoms with Crippen LogP contribution in [0.1, 0.15) is 48.6 Å². The Bertz CT molecular complexity index is 1200. The molecule has 2 heterocycles. The number of thioether (sulfide) groups is 1. The van der Waals surface area contributed by atoms with Gasteiger partial charge in [-0.1, -0.05) is 65.9 Å². The number of nitrogens with one attached hydrogen (secondary N) is 1. The minimum absolute atomic E-state index is 0.0828. The number of hydrogen-bond donors (Lipinski definition) is 1. The summed E-state index contributed by atoms with van der Waals surface area (Å²) in [5.74, 6) is -0.459. The lowest BCUT2D eigenvalue weighted by molar-refractivity contribution is -0.139. The summed E-state index contributed by atoms with van der Waals surface area (Å²) in [6.45, 7) is 8.47. The molecule has 1 atom stereocenters. The van der Waals surface area contributed by atoms with Crippen LogP contribution in [-0.4, -0.2) is 28.6 Å². The van der Waals surface area contributed by atoms with E-state index in [9.17, 15) is 9.59 Å². The number of allylic oxidation sites excluding steroid dienone is 1. The van der Waals surface area contributed by atoms with Crippen LogP contribution in [0.25, 0.3) is 0 Å². The highest BCUT2D eigenvalue weighted by atomic mass is 32.2. The smallest absolute Gasteiger partial charge is 0.338 e. The number of carbonyl (C=O) groups excluding carboxylic acids is 2. The third-order valence-electron chi connectivity index (χ3n) is 5.90. The highest BCUT2D eigenvalue weighted by Crippen LogP contribution is 2.45. The lowest BCUT2D eigenvalue weighted by Crippen LogP contribution is -2.38. The number of aryl methyl sites for hydroxylation is 2. The minimum Gasteiger partial charge on any atom is -0.463 e. The minimum atomic E-state index is -0.408. The van der Waals surface area contributed by atoms with E-state index in [-0.39, 0.29) is 24.9 Å². The molecule has 0 fully saturated rings. The summed E-state index contributed by atoms with van der Waals surface area (Å²) >= 11 is 1.48. The van der Waals surface area contributed by atoms with E-state index in [4.69, 9.17) is 9.73 Å². The largest absolute Gasteiger partial charge is 0.463 e. The molecule has 2 aliphatic rings. The number of amides is 1. The Morgan fingerprint density at radius 1 is 1.12 bits per heavy atom. The van der Waals surface area contributed by atoms with Gasteiger partial charge in [0.25, 0.3) is 0 Å². The quantitative estimate of drug-likeness (QED) is 0.561. The van der Waals surface area contributed by atoms with Gasteiger partial charge in [-0.25, -0.2) is 9.79 Å². The van der Waals surface area contributed by atoms with Crippen LogP contribution < -0.4 is 5.32 Å². The molecule has 0 saturated heterocycles. The van der Waals surface area contributed by atoms with Crippen molar-refractivity contribution >= 4 is 28.8 Å². The number of rotatable bonds is 7. The first-order valence-electron chi connectivity index (χ1n) is 11.4. The maximum atomic E-state index is 13.1. The van der Waals surface area contributed by atoms with Gasteiger partial charge in [-0.05, 0) is 49.8 Å². The molecule has 2 aliphatic heterocycles. The van der Waals surface area contributed by atoms with Crippen LogP contribution in [0.5, 0.6) is 0 Å². The Kier molecular flexibility index (Phi) is 7.22. The predicted octanol–water partition coefficient (Wildman–Crippen LogP) is 5.15. The average molecular weight is 476 g/mol. The summed E-state index contributed by atoms with van der Waals surface area (Å²) in [4.78, 5) is 32.7. The normalized spacial score (nSPS) is 17.2. The van der Waals surface area contributed by atoms with Crippen LogP contribution in [0.4, 0.5) is 0 Å². The fourth-order valence-electron chi connectivity index (χ4n) is 4.21. The van der Waals surface area contributed by atoms with Gasteiger partial charge in [0.2, 0.25) is 5.91 Å². The van der Waals surface area contributed by atoms with Crippen molar-refractivity contribution in [3.05, 3.63) is 93.2 Å². The summed E-state index contributed by atoms with van der Waals surface area (Å²) in [7, 11) is 0. The highest BCUT2D eigenvalue weighted by Gasteiger charge is 2.41. The van der Waals surface area contributed by atoms with Crippen molar-refractivity contribution < 1.29 is 14.3 Å². The van der Waals surface area contributed by atoms with Crippen LogP contribution in [0.15, 0.2) is 75.9 Å².